The lowest BCUT2D eigenvalue weighted by Crippen LogP contribution is -2.42. The van der Waals surface area contributed by atoms with E-state index in [0.717, 1.165) is 18.4 Å². The van der Waals surface area contributed by atoms with Gasteiger partial charge in [0.2, 0.25) is 10.0 Å². The van der Waals surface area contributed by atoms with E-state index in [1.54, 1.807) is 35.3 Å². The number of methoxy groups -OCH3 is 1. The standard InChI is InChI=1S/C14H21NO3S2/c1-11-6-8-12(9-7-11)20(16,17)15-10-4-5-13(15)14(18-2)19-3/h6-9,13-14H,4-5,10H2,1-3H3/t13-,14?/m1/s1. The maximum atomic E-state index is 12.8. The summed E-state index contributed by atoms with van der Waals surface area (Å²) in [4.78, 5) is 0.367. The lowest BCUT2D eigenvalue weighted by atomic mass is 10.2. The van der Waals surface area contributed by atoms with Crippen molar-refractivity contribution >= 4 is 21.8 Å². The van der Waals surface area contributed by atoms with Crippen molar-refractivity contribution in [1.82, 2.24) is 4.31 Å². The Kier molecular flexibility index (Phi) is 5.12. The highest BCUT2D eigenvalue weighted by atomic mass is 32.2. The van der Waals surface area contributed by atoms with Gasteiger partial charge in [-0.1, -0.05) is 17.7 Å². The van der Waals surface area contributed by atoms with Gasteiger partial charge in [0.25, 0.3) is 0 Å². The molecule has 0 aromatic heterocycles. The molecule has 1 aliphatic heterocycles. The largest absolute Gasteiger partial charge is 0.369 e. The molecule has 1 heterocycles. The monoisotopic (exact) mass is 315 g/mol. The molecular weight excluding hydrogens is 294 g/mol. The first-order chi connectivity index (χ1) is 9.50. The third kappa shape index (κ3) is 3.03. The summed E-state index contributed by atoms with van der Waals surface area (Å²) >= 11 is 1.56. The zero-order valence-electron chi connectivity index (χ0n) is 12.1. The minimum absolute atomic E-state index is 0.0821. The Labute approximate surface area is 125 Å². The average Bonchev–Trinajstić information content (AvgIpc) is 2.91. The molecule has 0 amide bonds. The predicted octanol–water partition coefficient (Wildman–Crippen LogP) is 2.48. The molecule has 0 saturated carbocycles. The van der Waals surface area contributed by atoms with Crippen LogP contribution in [-0.2, 0) is 14.8 Å². The number of sulfonamides is 1. The molecular formula is C14H21NO3S2. The molecule has 0 radical (unpaired) electrons. The number of benzene rings is 1. The molecule has 112 valence electrons. The van der Waals surface area contributed by atoms with Crippen LogP contribution in [0.3, 0.4) is 0 Å². The second-order valence-corrected chi connectivity index (χ2v) is 7.80. The fourth-order valence-corrected chi connectivity index (χ4v) is 5.15. The van der Waals surface area contributed by atoms with Crippen LogP contribution in [0.5, 0.6) is 0 Å². The quantitative estimate of drug-likeness (QED) is 0.783. The van der Waals surface area contributed by atoms with Crippen LogP contribution in [0.25, 0.3) is 0 Å². The molecule has 0 bridgehead atoms. The van der Waals surface area contributed by atoms with Crippen molar-refractivity contribution in [1.29, 1.82) is 0 Å². The summed E-state index contributed by atoms with van der Waals surface area (Å²) in [5.74, 6) is 0. The second-order valence-electron chi connectivity index (χ2n) is 4.98. The maximum absolute atomic E-state index is 12.8. The smallest absolute Gasteiger partial charge is 0.243 e. The third-order valence-corrected chi connectivity index (χ3v) is 6.56. The van der Waals surface area contributed by atoms with Crippen molar-refractivity contribution < 1.29 is 13.2 Å². The molecule has 0 N–H and O–H groups in total. The van der Waals surface area contributed by atoms with Crippen LogP contribution < -0.4 is 0 Å². The van der Waals surface area contributed by atoms with Crippen molar-refractivity contribution in [3.05, 3.63) is 29.8 Å². The van der Waals surface area contributed by atoms with E-state index in [0.29, 0.717) is 11.4 Å². The van der Waals surface area contributed by atoms with Crippen LogP contribution in [0.2, 0.25) is 0 Å². The van der Waals surface area contributed by atoms with Gasteiger partial charge in [-0.15, -0.1) is 11.8 Å². The van der Waals surface area contributed by atoms with Gasteiger partial charge in [0.15, 0.2) is 0 Å². The number of hydrogen-bond donors (Lipinski definition) is 0. The zero-order valence-corrected chi connectivity index (χ0v) is 13.7. The van der Waals surface area contributed by atoms with Crippen LogP contribution in [-0.4, -0.2) is 44.1 Å². The molecule has 2 rings (SSSR count). The van der Waals surface area contributed by atoms with E-state index in [2.05, 4.69) is 0 Å². The molecule has 0 spiro atoms. The van der Waals surface area contributed by atoms with E-state index in [4.69, 9.17) is 4.74 Å². The van der Waals surface area contributed by atoms with E-state index < -0.39 is 10.0 Å². The highest BCUT2D eigenvalue weighted by molar-refractivity contribution is 7.99. The Morgan fingerprint density at radius 2 is 2.00 bits per heavy atom. The molecule has 1 aromatic rings. The molecule has 0 aliphatic carbocycles. The van der Waals surface area contributed by atoms with Crippen LogP contribution in [0, 0.1) is 6.92 Å². The first-order valence-electron chi connectivity index (χ1n) is 6.65. The van der Waals surface area contributed by atoms with Gasteiger partial charge in [-0.3, -0.25) is 0 Å². The molecule has 1 saturated heterocycles. The Balaban J connectivity index is 2.30. The molecule has 1 fully saturated rings. The maximum Gasteiger partial charge on any atom is 0.243 e. The van der Waals surface area contributed by atoms with E-state index in [1.807, 2.05) is 25.3 Å². The summed E-state index contributed by atoms with van der Waals surface area (Å²) in [5, 5.41) is 0. The van der Waals surface area contributed by atoms with Crippen LogP contribution in [0.1, 0.15) is 18.4 Å². The third-order valence-electron chi connectivity index (χ3n) is 3.65. The second kappa shape index (κ2) is 6.47. The zero-order chi connectivity index (χ0) is 14.8. The van der Waals surface area contributed by atoms with Crippen molar-refractivity contribution in [3.8, 4) is 0 Å². The number of hydrogen-bond acceptors (Lipinski definition) is 4. The Bertz CT molecular complexity index is 538. The number of aryl methyl sites for hydroxylation is 1. The number of nitrogens with zero attached hydrogens (tertiary/aromatic N) is 1. The van der Waals surface area contributed by atoms with E-state index in [9.17, 15) is 8.42 Å². The first-order valence-corrected chi connectivity index (χ1v) is 9.37. The Morgan fingerprint density at radius 3 is 2.55 bits per heavy atom. The summed E-state index contributed by atoms with van der Waals surface area (Å²) in [6.45, 7) is 2.52. The summed E-state index contributed by atoms with van der Waals surface area (Å²) in [6.07, 6.45) is 3.68. The molecule has 1 unspecified atom stereocenters. The molecule has 1 aliphatic rings. The van der Waals surface area contributed by atoms with Crippen molar-refractivity contribution in [3.63, 3.8) is 0 Å². The number of ether oxygens (including phenoxy) is 1. The highest BCUT2D eigenvalue weighted by Crippen LogP contribution is 2.31. The fourth-order valence-electron chi connectivity index (χ4n) is 2.59. The van der Waals surface area contributed by atoms with Gasteiger partial charge in [0.05, 0.1) is 10.9 Å². The molecule has 2 atom stereocenters. The molecule has 6 heteroatoms. The van der Waals surface area contributed by atoms with Crippen LogP contribution >= 0.6 is 11.8 Å². The topological polar surface area (TPSA) is 46.6 Å². The van der Waals surface area contributed by atoms with Gasteiger partial charge >= 0.3 is 0 Å². The lowest BCUT2D eigenvalue weighted by Gasteiger charge is -2.29. The fraction of sp³-hybridized carbons (Fsp3) is 0.571. The van der Waals surface area contributed by atoms with Crippen LogP contribution in [0.15, 0.2) is 29.2 Å². The van der Waals surface area contributed by atoms with Gasteiger partial charge in [-0.2, -0.15) is 4.31 Å². The minimum Gasteiger partial charge on any atom is -0.369 e. The predicted molar refractivity (Wildman–Crippen MR) is 82.4 cm³/mol. The normalized spacial score (nSPS) is 22.1. The van der Waals surface area contributed by atoms with E-state index in [-0.39, 0.29) is 11.5 Å². The number of thioether (sulfide) groups is 1. The lowest BCUT2D eigenvalue weighted by molar-refractivity contribution is 0.121. The van der Waals surface area contributed by atoms with Gasteiger partial charge in [0, 0.05) is 13.7 Å². The van der Waals surface area contributed by atoms with Crippen LogP contribution in [0.4, 0.5) is 0 Å². The highest BCUT2D eigenvalue weighted by Gasteiger charge is 2.39. The molecule has 4 nitrogen and oxygen atoms in total. The van der Waals surface area contributed by atoms with Crippen molar-refractivity contribution in [2.75, 3.05) is 19.9 Å². The van der Waals surface area contributed by atoms with E-state index >= 15 is 0 Å². The Morgan fingerprint density at radius 1 is 1.35 bits per heavy atom. The van der Waals surface area contributed by atoms with E-state index in [1.165, 1.54) is 0 Å². The Hall–Kier alpha value is -0.560. The van der Waals surface area contributed by atoms with Gasteiger partial charge in [-0.25, -0.2) is 8.42 Å². The minimum atomic E-state index is -3.43. The molecule has 20 heavy (non-hydrogen) atoms. The summed E-state index contributed by atoms with van der Waals surface area (Å²) < 4.78 is 32.5. The summed E-state index contributed by atoms with van der Waals surface area (Å²) in [6, 6.07) is 6.95. The summed E-state index contributed by atoms with van der Waals surface area (Å²) in [5.41, 5.74) is 0.943. The first kappa shape index (κ1) is 15.8. The summed E-state index contributed by atoms with van der Waals surface area (Å²) in [7, 11) is -1.79. The van der Waals surface area contributed by atoms with Gasteiger partial charge in [-0.05, 0) is 38.2 Å². The van der Waals surface area contributed by atoms with Gasteiger partial charge in [0.1, 0.15) is 5.44 Å². The van der Waals surface area contributed by atoms with Gasteiger partial charge < -0.3 is 4.74 Å². The van der Waals surface area contributed by atoms with Crippen molar-refractivity contribution in [2.24, 2.45) is 0 Å². The van der Waals surface area contributed by atoms with Crippen molar-refractivity contribution in [2.45, 2.75) is 36.1 Å². The SMILES string of the molecule is COC(SC)[C@H]1CCCN1S(=O)(=O)c1ccc(C)cc1. The number of rotatable bonds is 5. The average molecular weight is 315 g/mol. The molecule has 1 aromatic carbocycles.